The van der Waals surface area contributed by atoms with Crippen LogP contribution < -0.4 is 5.32 Å². The number of pyridine rings is 2. The third-order valence-corrected chi connectivity index (χ3v) is 3.71. The van der Waals surface area contributed by atoms with Gasteiger partial charge in [-0.2, -0.15) is 13.2 Å². The van der Waals surface area contributed by atoms with E-state index in [1.807, 2.05) is 13.0 Å². The summed E-state index contributed by atoms with van der Waals surface area (Å²) in [6.07, 6.45) is -0.391. The summed E-state index contributed by atoms with van der Waals surface area (Å²) in [5, 5.41) is 3.51. The second-order valence-corrected chi connectivity index (χ2v) is 5.38. The number of hydrogen-bond donors (Lipinski definition) is 2. The molecular formula is C16H13F3N4O. The summed E-state index contributed by atoms with van der Waals surface area (Å²) in [5.74, 6) is -0.542. The molecule has 3 rings (SSSR count). The molecule has 0 fully saturated rings. The highest BCUT2D eigenvalue weighted by atomic mass is 19.4. The zero-order valence-electron chi connectivity index (χ0n) is 12.8. The molecule has 5 nitrogen and oxygen atoms in total. The van der Waals surface area contributed by atoms with Crippen molar-refractivity contribution in [3.05, 3.63) is 53.1 Å². The zero-order valence-corrected chi connectivity index (χ0v) is 12.8. The Balaban J connectivity index is 1.89. The smallest absolute Gasteiger partial charge is 0.346 e. The van der Waals surface area contributed by atoms with Crippen molar-refractivity contribution in [3.63, 3.8) is 0 Å². The maximum atomic E-state index is 12.7. The standard InChI is InChI=1S/C16H13F3N4O/c1-8-5-10(6-21-13(8)16(17,18)19)15(24)23-12-7-22-14-11(9(12)2)3-4-20-14/h3-7H,1-2H3,(H,20,22)(H,23,24). The summed E-state index contributed by atoms with van der Waals surface area (Å²) in [7, 11) is 0. The largest absolute Gasteiger partial charge is 0.433 e. The lowest BCUT2D eigenvalue weighted by atomic mass is 10.1. The van der Waals surface area contributed by atoms with Crippen molar-refractivity contribution in [1.29, 1.82) is 0 Å². The van der Waals surface area contributed by atoms with Crippen molar-refractivity contribution in [1.82, 2.24) is 15.0 Å². The van der Waals surface area contributed by atoms with Gasteiger partial charge in [0.15, 0.2) is 0 Å². The van der Waals surface area contributed by atoms with E-state index in [4.69, 9.17) is 0 Å². The molecule has 0 spiro atoms. The number of alkyl halides is 3. The molecule has 0 radical (unpaired) electrons. The summed E-state index contributed by atoms with van der Waals surface area (Å²) in [6.45, 7) is 3.09. The Labute approximate surface area is 134 Å². The Morgan fingerprint density at radius 3 is 2.62 bits per heavy atom. The molecule has 24 heavy (non-hydrogen) atoms. The van der Waals surface area contributed by atoms with Gasteiger partial charge in [0.2, 0.25) is 0 Å². The van der Waals surface area contributed by atoms with Crippen LogP contribution in [-0.2, 0) is 6.18 Å². The predicted octanol–water partition coefficient (Wildman–Crippen LogP) is 3.85. The fourth-order valence-electron chi connectivity index (χ4n) is 2.46. The van der Waals surface area contributed by atoms with E-state index in [9.17, 15) is 18.0 Å². The number of rotatable bonds is 2. The number of nitrogens with zero attached hydrogens (tertiary/aromatic N) is 2. The van der Waals surface area contributed by atoms with Crippen molar-refractivity contribution in [2.45, 2.75) is 20.0 Å². The number of aromatic amines is 1. The van der Waals surface area contributed by atoms with Gasteiger partial charge in [0.05, 0.1) is 17.4 Å². The molecule has 0 aliphatic heterocycles. The molecule has 2 N–H and O–H groups in total. The van der Waals surface area contributed by atoms with Gasteiger partial charge in [-0.1, -0.05) is 0 Å². The molecular weight excluding hydrogens is 321 g/mol. The number of aromatic nitrogens is 3. The minimum Gasteiger partial charge on any atom is -0.346 e. The van der Waals surface area contributed by atoms with Crippen LogP contribution in [0.15, 0.2) is 30.7 Å². The van der Waals surface area contributed by atoms with E-state index in [2.05, 4.69) is 20.3 Å². The van der Waals surface area contributed by atoms with E-state index in [1.165, 1.54) is 19.2 Å². The number of halogens is 3. The number of amides is 1. The summed E-state index contributed by atoms with van der Waals surface area (Å²) in [5.41, 5.74) is 0.944. The van der Waals surface area contributed by atoms with E-state index in [1.54, 1.807) is 6.20 Å². The highest BCUT2D eigenvalue weighted by Gasteiger charge is 2.34. The molecule has 0 aromatic carbocycles. The van der Waals surface area contributed by atoms with Gasteiger partial charge in [0.1, 0.15) is 11.3 Å². The fourth-order valence-corrected chi connectivity index (χ4v) is 2.46. The topological polar surface area (TPSA) is 70.7 Å². The van der Waals surface area contributed by atoms with Crippen molar-refractivity contribution >= 4 is 22.6 Å². The van der Waals surface area contributed by atoms with Crippen LogP contribution >= 0.6 is 0 Å². The minimum atomic E-state index is -4.54. The van der Waals surface area contributed by atoms with Gasteiger partial charge >= 0.3 is 6.18 Å². The van der Waals surface area contributed by atoms with Crippen LogP contribution in [0.5, 0.6) is 0 Å². The van der Waals surface area contributed by atoms with Gasteiger partial charge in [-0.25, -0.2) is 4.98 Å². The number of anilines is 1. The van der Waals surface area contributed by atoms with Crippen molar-refractivity contribution in [2.75, 3.05) is 5.32 Å². The second kappa shape index (κ2) is 5.63. The molecule has 0 unspecified atom stereocenters. The Morgan fingerprint density at radius 1 is 1.21 bits per heavy atom. The molecule has 0 aliphatic rings. The lowest BCUT2D eigenvalue weighted by Crippen LogP contribution is -2.16. The van der Waals surface area contributed by atoms with Gasteiger partial charge < -0.3 is 10.3 Å². The molecule has 1 amide bonds. The van der Waals surface area contributed by atoms with Gasteiger partial charge in [-0.15, -0.1) is 0 Å². The first kappa shape index (κ1) is 16.0. The van der Waals surface area contributed by atoms with Crippen LogP contribution in [0.2, 0.25) is 0 Å². The third kappa shape index (κ3) is 2.82. The summed E-state index contributed by atoms with van der Waals surface area (Å²) in [4.78, 5) is 22.8. The highest BCUT2D eigenvalue weighted by Crippen LogP contribution is 2.30. The molecule has 0 bridgehead atoms. The Morgan fingerprint density at radius 2 is 1.96 bits per heavy atom. The lowest BCUT2D eigenvalue weighted by Gasteiger charge is -2.12. The first-order chi connectivity index (χ1) is 11.3. The number of hydrogen-bond acceptors (Lipinski definition) is 3. The SMILES string of the molecule is Cc1cc(C(=O)Nc2cnc3[nH]ccc3c2C)cnc1C(F)(F)F. The maximum Gasteiger partial charge on any atom is 0.433 e. The van der Waals surface area contributed by atoms with E-state index < -0.39 is 17.8 Å². The Bertz CT molecular complexity index is 931. The number of nitrogens with one attached hydrogen (secondary N) is 2. The van der Waals surface area contributed by atoms with E-state index in [0.717, 1.165) is 17.1 Å². The highest BCUT2D eigenvalue weighted by molar-refractivity contribution is 6.05. The first-order valence-electron chi connectivity index (χ1n) is 7.05. The molecule has 3 aromatic heterocycles. The normalized spacial score (nSPS) is 11.7. The monoisotopic (exact) mass is 334 g/mol. The van der Waals surface area contributed by atoms with Crippen molar-refractivity contribution in [2.24, 2.45) is 0 Å². The van der Waals surface area contributed by atoms with Crippen LogP contribution in [0.4, 0.5) is 18.9 Å². The van der Waals surface area contributed by atoms with E-state index >= 15 is 0 Å². The second-order valence-electron chi connectivity index (χ2n) is 5.38. The quantitative estimate of drug-likeness (QED) is 0.748. The summed E-state index contributed by atoms with van der Waals surface area (Å²) < 4.78 is 38.2. The Hall–Kier alpha value is -2.90. The van der Waals surface area contributed by atoms with Crippen LogP contribution in [0.3, 0.4) is 0 Å². The predicted molar refractivity (Wildman–Crippen MR) is 82.8 cm³/mol. The number of fused-ring (bicyclic) bond motifs is 1. The van der Waals surface area contributed by atoms with E-state index in [-0.39, 0.29) is 11.1 Å². The van der Waals surface area contributed by atoms with Gasteiger partial charge in [-0.3, -0.25) is 9.78 Å². The first-order valence-corrected chi connectivity index (χ1v) is 7.05. The van der Waals surface area contributed by atoms with Crippen LogP contribution in [-0.4, -0.2) is 20.9 Å². The molecule has 0 saturated carbocycles. The zero-order chi connectivity index (χ0) is 17.5. The number of carbonyl (C=O) groups excluding carboxylic acids is 1. The maximum absolute atomic E-state index is 12.7. The van der Waals surface area contributed by atoms with E-state index in [0.29, 0.717) is 11.3 Å². The molecule has 0 aliphatic carbocycles. The number of H-pyrrole nitrogens is 1. The average Bonchev–Trinajstić information content (AvgIpc) is 2.98. The van der Waals surface area contributed by atoms with Crippen molar-refractivity contribution in [3.8, 4) is 0 Å². The molecule has 8 heteroatoms. The number of carbonyl (C=O) groups is 1. The minimum absolute atomic E-state index is 0.0501. The van der Waals surface area contributed by atoms with Gasteiger partial charge in [0.25, 0.3) is 5.91 Å². The average molecular weight is 334 g/mol. The summed E-state index contributed by atoms with van der Waals surface area (Å²) >= 11 is 0. The lowest BCUT2D eigenvalue weighted by molar-refractivity contribution is -0.141. The summed E-state index contributed by atoms with van der Waals surface area (Å²) in [6, 6.07) is 3.00. The van der Waals surface area contributed by atoms with Crippen LogP contribution in [0.1, 0.15) is 27.2 Å². The van der Waals surface area contributed by atoms with Crippen LogP contribution in [0.25, 0.3) is 11.0 Å². The molecule has 124 valence electrons. The molecule has 3 heterocycles. The fraction of sp³-hybridized carbons (Fsp3) is 0.188. The molecule has 0 atom stereocenters. The van der Waals surface area contributed by atoms with Gasteiger partial charge in [0, 0.05) is 17.8 Å². The van der Waals surface area contributed by atoms with Crippen molar-refractivity contribution < 1.29 is 18.0 Å². The van der Waals surface area contributed by atoms with Crippen LogP contribution in [0, 0.1) is 13.8 Å². The van der Waals surface area contributed by atoms with Gasteiger partial charge in [-0.05, 0) is 37.1 Å². The molecule has 0 saturated heterocycles. The third-order valence-electron chi connectivity index (χ3n) is 3.71. The number of aryl methyl sites for hydroxylation is 2. The Kier molecular flexibility index (Phi) is 3.75. The molecule has 3 aromatic rings.